The SMILES string of the molecule is CCC1CCC(C)N1c1ccc(C=CC2=CC(=C(C#N)C#N)C=C(C)O2)cc1. The Hall–Kier alpha value is -3.24. The maximum atomic E-state index is 9.08. The van der Waals surface area contributed by atoms with E-state index < -0.39 is 0 Å². The Morgan fingerprint density at radius 1 is 1.14 bits per heavy atom. The molecule has 1 fully saturated rings. The first-order chi connectivity index (χ1) is 13.5. The van der Waals surface area contributed by atoms with Gasteiger partial charge in [0.1, 0.15) is 29.2 Å². The molecule has 0 bridgehead atoms. The van der Waals surface area contributed by atoms with E-state index in [1.807, 2.05) is 31.2 Å². The molecule has 0 saturated carbocycles. The van der Waals surface area contributed by atoms with Gasteiger partial charge < -0.3 is 9.64 Å². The Kier molecular flexibility index (Phi) is 6.02. The largest absolute Gasteiger partial charge is 0.462 e. The van der Waals surface area contributed by atoms with Crippen molar-refractivity contribution in [2.45, 2.75) is 52.1 Å². The highest BCUT2D eigenvalue weighted by Crippen LogP contribution is 2.32. The average molecular weight is 371 g/mol. The van der Waals surface area contributed by atoms with E-state index in [9.17, 15) is 0 Å². The normalized spacial score (nSPS) is 21.6. The molecule has 2 aliphatic rings. The van der Waals surface area contributed by atoms with Crippen molar-refractivity contribution < 1.29 is 4.74 Å². The summed E-state index contributed by atoms with van der Waals surface area (Å²) in [6.45, 7) is 6.37. The summed E-state index contributed by atoms with van der Waals surface area (Å²) in [5.74, 6) is 1.27. The van der Waals surface area contributed by atoms with E-state index in [0.717, 1.165) is 5.56 Å². The van der Waals surface area contributed by atoms with Crippen LogP contribution in [0.4, 0.5) is 5.69 Å². The molecule has 0 N–H and O–H groups in total. The fraction of sp³-hybridized carbons (Fsp3) is 0.333. The van der Waals surface area contributed by atoms with Crippen molar-refractivity contribution >= 4 is 11.8 Å². The third-order valence-corrected chi connectivity index (χ3v) is 5.34. The molecule has 28 heavy (non-hydrogen) atoms. The molecule has 142 valence electrons. The summed E-state index contributed by atoms with van der Waals surface area (Å²) >= 11 is 0. The molecule has 2 aliphatic heterocycles. The molecule has 0 amide bonds. The lowest BCUT2D eigenvalue weighted by Crippen LogP contribution is -2.33. The lowest BCUT2D eigenvalue weighted by molar-refractivity contribution is 0.318. The van der Waals surface area contributed by atoms with Crippen molar-refractivity contribution in [1.82, 2.24) is 0 Å². The van der Waals surface area contributed by atoms with Gasteiger partial charge in [0.25, 0.3) is 0 Å². The first-order valence-electron chi connectivity index (χ1n) is 9.74. The summed E-state index contributed by atoms with van der Waals surface area (Å²) in [5, 5.41) is 18.2. The van der Waals surface area contributed by atoms with Gasteiger partial charge in [0.2, 0.25) is 0 Å². The monoisotopic (exact) mass is 371 g/mol. The van der Waals surface area contributed by atoms with Crippen molar-refractivity contribution in [1.29, 1.82) is 10.5 Å². The predicted octanol–water partition coefficient (Wildman–Crippen LogP) is 5.63. The zero-order valence-corrected chi connectivity index (χ0v) is 16.6. The quantitative estimate of drug-likeness (QED) is 0.644. The van der Waals surface area contributed by atoms with Crippen molar-refractivity contribution in [3.63, 3.8) is 0 Å². The Morgan fingerprint density at radius 3 is 2.50 bits per heavy atom. The van der Waals surface area contributed by atoms with E-state index in [1.165, 1.54) is 24.9 Å². The second-order valence-electron chi connectivity index (χ2n) is 7.28. The van der Waals surface area contributed by atoms with Gasteiger partial charge in [-0.2, -0.15) is 10.5 Å². The molecule has 0 radical (unpaired) electrons. The molecule has 2 unspecified atom stereocenters. The first-order valence-corrected chi connectivity index (χ1v) is 9.74. The minimum absolute atomic E-state index is 0.0862. The fourth-order valence-corrected chi connectivity index (χ4v) is 3.91. The van der Waals surface area contributed by atoms with E-state index in [2.05, 4.69) is 43.0 Å². The Labute approximate surface area is 167 Å². The number of ether oxygens (including phenoxy) is 1. The molecule has 0 spiro atoms. The zero-order valence-electron chi connectivity index (χ0n) is 16.6. The highest BCUT2D eigenvalue weighted by atomic mass is 16.5. The summed E-state index contributed by atoms with van der Waals surface area (Å²) in [6, 6.07) is 13.7. The van der Waals surface area contributed by atoms with Crippen molar-refractivity contribution in [2.24, 2.45) is 0 Å². The number of nitrogens with zero attached hydrogens (tertiary/aromatic N) is 3. The van der Waals surface area contributed by atoms with Gasteiger partial charge in [-0.15, -0.1) is 0 Å². The van der Waals surface area contributed by atoms with Gasteiger partial charge in [0, 0.05) is 23.3 Å². The predicted molar refractivity (Wildman–Crippen MR) is 112 cm³/mol. The first kappa shape index (κ1) is 19.5. The van der Waals surface area contributed by atoms with Crippen molar-refractivity contribution in [2.75, 3.05) is 4.90 Å². The van der Waals surface area contributed by atoms with Crippen LogP contribution < -0.4 is 4.90 Å². The van der Waals surface area contributed by atoms with Gasteiger partial charge in [0.15, 0.2) is 0 Å². The van der Waals surface area contributed by atoms with E-state index in [0.29, 0.717) is 29.2 Å². The van der Waals surface area contributed by atoms with Crippen LogP contribution in [0.25, 0.3) is 6.08 Å². The number of hydrogen-bond donors (Lipinski definition) is 0. The third kappa shape index (κ3) is 4.18. The minimum atomic E-state index is 0.0862. The Morgan fingerprint density at radius 2 is 1.86 bits per heavy atom. The van der Waals surface area contributed by atoms with Crippen LogP contribution in [0, 0.1) is 22.7 Å². The van der Waals surface area contributed by atoms with Crippen molar-refractivity contribution in [3.05, 3.63) is 70.7 Å². The van der Waals surface area contributed by atoms with Gasteiger partial charge in [0.05, 0.1) is 0 Å². The Balaban J connectivity index is 1.77. The molecular weight excluding hydrogens is 346 g/mol. The van der Waals surface area contributed by atoms with E-state index in [-0.39, 0.29) is 5.57 Å². The molecule has 2 atom stereocenters. The van der Waals surface area contributed by atoms with Crippen LogP contribution in [-0.2, 0) is 4.74 Å². The number of allylic oxidation sites excluding steroid dienone is 6. The van der Waals surface area contributed by atoms with Gasteiger partial charge in [-0.05, 0) is 69.0 Å². The number of nitriles is 2. The minimum Gasteiger partial charge on any atom is -0.462 e. The maximum Gasteiger partial charge on any atom is 0.137 e. The third-order valence-electron chi connectivity index (χ3n) is 5.34. The summed E-state index contributed by atoms with van der Waals surface area (Å²) in [5.41, 5.74) is 3.02. The lowest BCUT2D eigenvalue weighted by Gasteiger charge is -2.30. The second-order valence-corrected chi connectivity index (χ2v) is 7.28. The molecule has 1 aromatic carbocycles. The molecule has 1 aromatic rings. The second kappa shape index (κ2) is 8.63. The molecule has 4 nitrogen and oxygen atoms in total. The molecule has 0 aromatic heterocycles. The standard InChI is InChI=1S/C24H25N3O/c1-4-22-9-5-17(2)27(22)23-10-6-19(7-11-23)8-12-24-14-20(13-18(3)28-24)21(15-25)16-26/h6-8,10-14,17,22H,4-5,9H2,1-3H3. The van der Waals surface area contributed by atoms with Gasteiger partial charge in [-0.25, -0.2) is 0 Å². The molecule has 0 aliphatic carbocycles. The van der Waals surface area contributed by atoms with Crippen LogP contribution in [0.3, 0.4) is 0 Å². The van der Waals surface area contributed by atoms with Gasteiger partial charge >= 0.3 is 0 Å². The van der Waals surface area contributed by atoms with Crippen molar-refractivity contribution in [3.8, 4) is 12.1 Å². The van der Waals surface area contributed by atoms with Crippen LogP contribution in [0.15, 0.2) is 65.2 Å². The number of benzene rings is 1. The number of rotatable bonds is 4. The van der Waals surface area contributed by atoms with Gasteiger partial charge in [-0.3, -0.25) is 0 Å². The van der Waals surface area contributed by atoms with Gasteiger partial charge in [-0.1, -0.05) is 25.1 Å². The van der Waals surface area contributed by atoms with Crippen LogP contribution in [-0.4, -0.2) is 12.1 Å². The van der Waals surface area contributed by atoms with E-state index >= 15 is 0 Å². The molecule has 4 heteroatoms. The summed E-state index contributed by atoms with van der Waals surface area (Å²) in [6.07, 6.45) is 11.0. The zero-order chi connectivity index (χ0) is 20.1. The van der Waals surface area contributed by atoms with E-state index in [1.54, 1.807) is 12.2 Å². The smallest absolute Gasteiger partial charge is 0.137 e. The Bertz CT molecular complexity index is 920. The van der Waals surface area contributed by atoms with Crippen LogP contribution in [0.1, 0.15) is 45.6 Å². The van der Waals surface area contributed by atoms with Crippen LogP contribution >= 0.6 is 0 Å². The fourth-order valence-electron chi connectivity index (χ4n) is 3.91. The summed E-state index contributed by atoms with van der Waals surface area (Å²) in [4.78, 5) is 2.54. The van der Waals surface area contributed by atoms with Crippen LogP contribution in [0.5, 0.6) is 0 Å². The molecule has 1 saturated heterocycles. The van der Waals surface area contributed by atoms with E-state index in [4.69, 9.17) is 15.3 Å². The highest BCUT2D eigenvalue weighted by molar-refractivity contribution is 5.60. The average Bonchev–Trinajstić information content (AvgIpc) is 3.08. The topological polar surface area (TPSA) is 60.0 Å². The molecule has 3 rings (SSSR count). The highest BCUT2D eigenvalue weighted by Gasteiger charge is 2.29. The molecular formula is C24H25N3O. The summed E-state index contributed by atoms with van der Waals surface area (Å²) < 4.78 is 5.70. The number of hydrogen-bond acceptors (Lipinski definition) is 4. The maximum absolute atomic E-state index is 9.08. The molecule has 2 heterocycles. The summed E-state index contributed by atoms with van der Waals surface area (Å²) in [7, 11) is 0. The van der Waals surface area contributed by atoms with Crippen LogP contribution in [0.2, 0.25) is 0 Å². The lowest BCUT2D eigenvalue weighted by atomic mass is 10.1. The number of anilines is 1.